The molecular formula is C7H9N3O2. The number of aromatic nitrogens is 1. The Kier molecular flexibility index (Phi) is 2.23. The molecule has 0 radical (unpaired) electrons. The molecule has 0 spiro atoms. The Labute approximate surface area is 69.6 Å². The van der Waals surface area contributed by atoms with E-state index in [9.17, 15) is 10.1 Å². The normalized spacial score (nSPS) is 9.50. The molecule has 0 unspecified atom stereocenters. The fourth-order valence-electron chi connectivity index (χ4n) is 0.991. The molecule has 5 nitrogen and oxygen atoms in total. The van der Waals surface area contributed by atoms with Crippen LogP contribution >= 0.6 is 0 Å². The SMILES string of the molecule is CNc1c(C)ccnc1[N+](=O)[O-]. The van der Waals surface area contributed by atoms with Crippen LogP contribution in [0.4, 0.5) is 11.5 Å². The summed E-state index contributed by atoms with van der Waals surface area (Å²) in [5, 5.41) is 13.2. The molecule has 1 aromatic heterocycles. The lowest BCUT2D eigenvalue weighted by Crippen LogP contribution is -2.00. The van der Waals surface area contributed by atoms with Gasteiger partial charge in [0.05, 0.1) is 0 Å². The number of nitro groups is 1. The fourth-order valence-corrected chi connectivity index (χ4v) is 0.991. The summed E-state index contributed by atoms with van der Waals surface area (Å²) >= 11 is 0. The van der Waals surface area contributed by atoms with E-state index in [1.807, 2.05) is 0 Å². The van der Waals surface area contributed by atoms with Crippen molar-refractivity contribution in [2.75, 3.05) is 12.4 Å². The Morgan fingerprint density at radius 2 is 2.33 bits per heavy atom. The molecule has 1 aromatic rings. The van der Waals surface area contributed by atoms with Crippen LogP contribution in [0.5, 0.6) is 0 Å². The maximum absolute atomic E-state index is 10.4. The van der Waals surface area contributed by atoms with E-state index < -0.39 is 4.92 Å². The van der Waals surface area contributed by atoms with Crippen LogP contribution in [0.3, 0.4) is 0 Å². The summed E-state index contributed by atoms with van der Waals surface area (Å²) in [5.41, 5.74) is 1.29. The van der Waals surface area contributed by atoms with Crippen LogP contribution in [0.2, 0.25) is 0 Å². The third-order valence-corrected chi connectivity index (χ3v) is 1.56. The van der Waals surface area contributed by atoms with E-state index in [2.05, 4.69) is 10.3 Å². The van der Waals surface area contributed by atoms with Gasteiger partial charge >= 0.3 is 5.82 Å². The first-order chi connectivity index (χ1) is 5.66. The van der Waals surface area contributed by atoms with Crippen molar-refractivity contribution in [1.29, 1.82) is 0 Å². The Hall–Kier alpha value is -1.65. The molecular weight excluding hydrogens is 158 g/mol. The van der Waals surface area contributed by atoms with Crippen molar-refractivity contribution in [2.24, 2.45) is 0 Å². The lowest BCUT2D eigenvalue weighted by molar-refractivity contribution is -0.388. The van der Waals surface area contributed by atoms with Crippen molar-refractivity contribution < 1.29 is 4.92 Å². The number of nitrogens with zero attached hydrogens (tertiary/aromatic N) is 2. The van der Waals surface area contributed by atoms with Gasteiger partial charge in [0.15, 0.2) is 0 Å². The third kappa shape index (κ3) is 1.34. The zero-order chi connectivity index (χ0) is 9.14. The molecule has 0 aliphatic rings. The maximum atomic E-state index is 10.4. The monoisotopic (exact) mass is 167 g/mol. The van der Waals surface area contributed by atoms with Crippen LogP contribution < -0.4 is 5.32 Å². The second kappa shape index (κ2) is 3.17. The molecule has 0 fully saturated rings. The molecule has 0 aliphatic heterocycles. The summed E-state index contributed by atoms with van der Waals surface area (Å²) < 4.78 is 0. The molecule has 0 amide bonds. The van der Waals surface area contributed by atoms with Gasteiger partial charge in [-0.15, -0.1) is 0 Å². The third-order valence-electron chi connectivity index (χ3n) is 1.56. The first-order valence-corrected chi connectivity index (χ1v) is 3.44. The average molecular weight is 167 g/mol. The standard InChI is InChI=1S/C7H9N3O2/c1-5-3-4-9-7(10(11)12)6(5)8-2/h3-4,8H,1-2H3. The second-order valence-corrected chi connectivity index (χ2v) is 2.33. The van der Waals surface area contributed by atoms with E-state index in [1.165, 1.54) is 6.20 Å². The van der Waals surface area contributed by atoms with Gasteiger partial charge in [0.25, 0.3) is 0 Å². The highest BCUT2D eigenvalue weighted by molar-refractivity contribution is 5.61. The number of hydrogen-bond acceptors (Lipinski definition) is 4. The highest BCUT2D eigenvalue weighted by atomic mass is 16.6. The molecule has 1 N–H and O–H groups in total. The summed E-state index contributed by atoms with van der Waals surface area (Å²) in [6, 6.07) is 1.72. The van der Waals surface area contributed by atoms with Crippen LogP contribution in [0, 0.1) is 17.0 Å². The van der Waals surface area contributed by atoms with Crippen molar-refractivity contribution >= 4 is 11.5 Å². The van der Waals surface area contributed by atoms with Gasteiger partial charge in [-0.25, -0.2) is 0 Å². The number of pyridine rings is 1. The van der Waals surface area contributed by atoms with Crippen LogP contribution in [-0.4, -0.2) is 17.0 Å². The first kappa shape index (κ1) is 8.45. The molecule has 0 saturated carbocycles. The summed E-state index contributed by atoms with van der Waals surface area (Å²) in [4.78, 5) is 13.6. The Morgan fingerprint density at radius 3 is 2.75 bits per heavy atom. The van der Waals surface area contributed by atoms with E-state index >= 15 is 0 Å². The number of hydrogen-bond donors (Lipinski definition) is 1. The number of aryl methyl sites for hydroxylation is 1. The van der Waals surface area contributed by atoms with Crippen molar-refractivity contribution in [2.45, 2.75) is 6.92 Å². The Balaban J connectivity index is 3.27. The number of nitrogens with one attached hydrogen (secondary N) is 1. The minimum atomic E-state index is -0.501. The van der Waals surface area contributed by atoms with Gasteiger partial charge in [0.2, 0.25) is 0 Å². The zero-order valence-corrected chi connectivity index (χ0v) is 6.87. The van der Waals surface area contributed by atoms with E-state index in [0.29, 0.717) is 5.69 Å². The van der Waals surface area contributed by atoms with Gasteiger partial charge in [-0.2, -0.15) is 0 Å². The minimum absolute atomic E-state index is 0.127. The van der Waals surface area contributed by atoms with E-state index in [4.69, 9.17) is 0 Å². The summed E-state index contributed by atoms with van der Waals surface area (Å²) in [7, 11) is 1.64. The highest BCUT2D eigenvalue weighted by Crippen LogP contribution is 2.23. The molecule has 5 heteroatoms. The Morgan fingerprint density at radius 1 is 1.67 bits per heavy atom. The predicted octanol–water partition coefficient (Wildman–Crippen LogP) is 1.34. The molecule has 0 bridgehead atoms. The van der Waals surface area contributed by atoms with Crippen molar-refractivity contribution in [3.05, 3.63) is 27.9 Å². The van der Waals surface area contributed by atoms with Gasteiger partial charge in [0, 0.05) is 7.05 Å². The molecule has 0 aromatic carbocycles. The van der Waals surface area contributed by atoms with E-state index in [-0.39, 0.29) is 5.82 Å². The lowest BCUT2D eigenvalue weighted by Gasteiger charge is -2.03. The van der Waals surface area contributed by atoms with Crippen LogP contribution in [0.15, 0.2) is 12.3 Å². The van der Waals surface area contributed by atoms with Gasteiger partial charge in [-0.3, -0.25) is 0 Å². The summed E-state index contributed by atoms with van der Waals surface area (Å²) in [6.45, 7) is 1.79. The van der Waals surface area contributed by atoms with Crippen LogP contribution in [-0.2, 0) is 0 Å². The van der Waals surface area contributed by atoms with Gasteiger partial charge < -0.3 is 15.4 Å². The summed E-state index contributed by atoms with van der Waals surface area (Å²) in [6.07, 6.45) is 1.42. The van der Waals surface area contributed by atoms with Crippen LogP contribution in [0.25, 0.3) is 0 Å². The largest absolute Gasteiger partial charge is 0.387 e. The Bertz CT molecular complexity index is 312. The molecule has 0 atom stereocenters. The van der Waals surface area contributed by atoms with E-state index in [0.717, 1.165) is 5.56 Å². The fraction of sp³-hybridized carbons (Fsp3) is 0.286. The number of rotatable bonds is 2. The maximum Gasteiger partial charge on any atom is 0.387 e. The highest BCUT2D eigenvalue weighted by Gasteiger charge is 2.14. The van der Waals surface area contributed by atoms with Crippen molar-refractivity contribution in [1.82, 2.24) is 4.98 Å². The van der Waals surface area contributed by atoms with E-state index in [1.54, 1.807) is 20.0 Å². The average Bonchev–Trinajstić information content (AvgIpc) is 2.03. The molecule has 0 saturated heterocycles. The molecule has 1 heterocycles. The quantitative estimate of drug-likeness (QED) is 0.533. The summed E-state index contributed by atoms with van der Waals surface area (Å²) in [5.74, 6) is -0.127. The van der Waals surface area contributed by atoms with Crippen molar-refractivity contribution in [3.8, 4) is 0 Å². The van der Waals surface area contributed by atoms with Gasteiger partial charge in [-0.05, 0) is 28.5 Å². The molecule has 12 heavy (non-hydrogen) atoms. The van der Waals surface area contributed by atoms with Gasteiger partial charge in [0.1, 0.15) is 11.9 Å². The molecule has 0 aliphatic carbocycles. The second-order valence-electron chi connectivity index (χ2n) is 2.33. The van der Waals surface area contributed by atoms with Gasteiger partial charge in [-0.1, -0.05) is 0 Å². The minimum Gasteiger partial charge on any atom is -0.381 e. The zero-order valence-electron chi connectivity index (χ0n) is 6.87. The van der Waals surface area contributed by atoms with Crippen molar-refractivity contribution in [3.63, 3.8) is 0 Å². The smallest absolute Gasteiger partial charge is 0.381 e. The predicted molar refractivity (Wildman–Crippen MR) is 45.2 cm³/mol. The topological polar surface area (TPSA) is 68.1 Å². The van der Waals surface area contributed by atoms with Crippen LogP contribution in [0.1, 0.15) is 5.56 Å². The molecule has 64 valence electrons. The molecule has 1 rings (SSSR count). The first-order valence-electron chi connectivity index (χ1n) is 3.44. The number of anilines is 1. The lowest BCUT2D eigenvalue weighted by atomic mass is 10.2.